The summed E-state index contributed by atoms with van der Waals surface area (Å²) in [6.45, 7) is 1.00. The van der Waals surface area contributed by atoms with Crippen LogP contribution in [-0.2, 0) is 13.0 Å². The van der Waals surface area contributed by atoms with Gasteiger partial charge in [0.05, 0.1) is 17.5 Å². The van der Waals surface area contributed by atoms with Crippen LogP contribution in [0.15, 0.2) is 53.4 Å². The van der Waals surface area contributed by atoms with E-state index < -0.39 is 0 Å². The Hall–Kier alpha value is -2.47. The number of fused-ring (bicyclic) bond motifs is 1. The SMILES string of the molecule is O=C(Nc1cccc(-c2cnc3n2CCC3)c1)c1cncc(Br)c1. The number of carbonyl (C=O) groups excluding carboxylic acids is 1. The van der Waals surface area contributed by atoms with Gasteiger partial charge in [-0.3, -0.25) is 9.78 Å². The first kappa shape index (κ1) is 15.1. The second-order valence-corrected chi connectivity index (χ2v) is 6.66. The van der Waals surface area contributed by atoms with Crippen LogP contribution in [0.25, 0.3) is 11.3 Å². The van der Waals surface area contributed by atoms with Crippen LogP contribution in [0.2, 0.25) is 0 Å². The predicted molar refractivity (Wildman–Crippen MR) is 95.9 cm³/mol. The number of hydrogen-bond acceptors (Lipinski definition) is 3. The van der Waals surface area contributed by atoms with E-state index in [2.05, 4.69) is 35.8 Å². The second kappa shape index (κ2) is 6.20. The van der Waals surface area contributed by atoms with Crippen LogP contribution in [0, 0.1) is 0 Å². The molecule has 120 valence electrons. The second-order valence-electron chi connectivity index (χ2n) is 5.74. The number of carbonyl (C=O) groups is 1. The molecule has 1 aliphatic heterocycles. The monoisotopic (exact) mass is 382 g/mol. The number of aryl methyl sites for hydroxylation is 1. The third kappa shape index (κ3) is 2.85. The van der Waals surface area contributed by atoms with Gasteiger partial charge in [0.25, 0.3) is 5.91 Å². The van der Waals surface area contributed by atoms with Crippen molar-refractivity contribution >= 4 is 27.5 Å². The number of anilines is 1. The third-order valence-electron chi connectivity index (χ3n) is 4.10. The molecule has 1 aromatic carbocycles. The van der Waals surface area contributed by atoms with Gasteiger partial charge >= 0.3 is 0 Å². The van der Waals surface area contributed by atoms with Gasteiger partial charge in [-0.1, -0.05) is 12.1 Å². The molecule has 0 spiro atoms. The normalized spacial score (nSPS) is 12.9. The zero-order chi connectivity index (χ0) is 16.5. The number of halogens is 1. The molecule has 0 aliphatic carbocycles. The molecule has 6 heteroatoms. The fraction of sp³-hybridized carbons (Fsp3) is 0.167. The molecule has 4 rings (SSSR count). The lowest BCUT2D eigenvalue weighted by Crippen LogP contribution is -2.12. The van der Waals surface area contributed by atoms with Crippen LogP contribution in [-0.4, -0.2) is 20.4 Å². The maximum absolute atomic E-state index is 12.4. The quantitative estimate of drug-likeness (QED) is 0.746. The van der Waals surface area contributed by atoms with Crippen molar-refractivity contribution in [3.8, 4) is 11.3 Å². The van der Waals surface area contributed by atoms with E-state index in [1.165, 1.54) is 0 Å². The summed E-state index contributed by atoms with van der Waals surface area (Å²) in [5.74, 6) is 0.958. The van der Waals surface area contributed by atoms with Crippen LogP contribution >= 0.6 is 15.9 Å². The lowest BCUT2D eigenvalue weighted by Gasteiger charge is -2.09. The fourth-order valence-corrected chi connectivity index (χ4v) is 3.35. The smallest absolute Gasteiger partial charge is 0.257 e. The van der Waals surface area contributed by atoms with Crippen molar-refractivity contribution in [3.63, 3.8) is 0 Å². The molecule has 5 nitrogen and oxygen atoms in total. The number of benzene rings is 1. The number of hydrogen-bond donors (Lipinski definition) is 1. The summed E-state index contributed by atoms with van der Waals surface area (Å²) in [6.07, 6.45) is 7.29. The summed E-state index contributed by atoms with van der Waals surface area (Å²) in [6, 6.07) is 9.59. The number of rotatable bonds is 3. The average Bonchev–Trinajstić information content (AvgIpc) is 3.18. The Balaban J connectivity index is 1.60. The minimum Gasteiger partial charge on any atom is -0.328 e. The Bertz CT molecular complexity index is 919. The first-order chi connectivity index (χ1) is 11.7. The van der Waals surface area contributed by atoms with E-state index in [4.69, 9.17) is 0 Å². The molecule has 0 atom stereocenters. The van der Waals surface area contributed by atoms with Gasteiger partial charge in [0, 0.05) is 41.1 Å². The van der Waals surface area contributed by atoms with Gasteiger partial charge in [0.15, 0.2) is 0 Å². The van der Waals surface area contributed by atoms with E-state index >= 15 is 0 Å². The number of imidazole rings is 1. The molecule has 1 N–H and O–H groups in total. The highest BCUT2D eigenvalue weighted by Gasteiger charge is 2.17. The van der Waals surface area contributed by atoms with E-state index in [-0.39, 0.29) is 5.91 Å². The van der Waals surface area contributed by atoms with Crippen LogP contribution in [0.4, 0.5) is 5.69 Å². The first-order valence-electron chi connectivity index (χ1n) is 7.77. The summed E-state index contributed by atoms with van der Waals surface area (Å²) in [4.78, 5) is 20.9. The molecule has 1 amide bonds. The Morgan fingerprint density at radius 3 is 3.00 bits per heavy atom. The van der Waals surface area contributed by atoms with E-state index in [0.717, 1.165) is 46.6 Å². The van der Waals surface area contributed by atoms with E-state index in [0.29, 0.717) is 5.56 Å². The predicted octanol–water partition coefficient (Wildman–Crippen LogP) is 3.91. The van der Waals surface area contributed by atoms with Crippen molar-refractivity contribution in [2.75, 3.05) is 5.32 Å². The Kier molecular flexibility index (Phi) is 3.90. The van der Waals surface area contributed by atoms with Gasteiger partial charge in [-0.2, -0.15) is 0 Å². The van der Waals surface area contributed by atoms with Crippen molar-refractivity contribution in [2.24, 2.45) is 0 Å². The minimum atomic E-state index is -0.181. The van der Waals surface area contributed by atoms with Crippen molar-refractivity contribution in [1.29, 1.82) is 0 Å². The van der Waals surface area contributed by atoms with Gasteiger partial charge in [0.1, 0.15) is 5.82 Å². The van der Waals surface area contributed by atoms with Gasteiger partial charge in [-0.15, -0.1) is 0 Å². The molecule has 0 radical (unpaired) electrons. The molecular formula is C18H15BrN4O. The van der Waals surface area contributed by atoms with E-state index in [1.54, 1.807) is 18.5 Å². The molecule has 1 aliphatic rings. The molecule has 24 heavy (non-hydrogen) atoms. The van der Waals surface area contributed by atoms with Crippen LogP contribution in [0.5, 0.6) is 0 Å². The van der Waals surface area contributed by atoms with Crippen LogP contribution in [0.1, 0.15) is 22.6 Å². The highest BCUT2D eigenvalue weighted by atomic mass is 79.9. The van der Waals surface area contributed by atoms with Crippen molar-refractivity contribution in [2.45, 2.75) is 19.4 Å². The summed E-state index contributed by atoms with van der Waals surface area (Å²) < 4.78 is 3.03. The molecule has 0 saturated heterocycles. The Morgan fingerprint density at radius 2 is 2.12 bits per heavy atom. The molecule has 0 fully saturated rings. The number of nitrogens with zero attached hydrogens (tertiary/aromatic N) is 3. The lowest BCUT2D eigenvalue weighted by atomic mass is 10.1. The highest BCUT2D eigenvalue weighted by Crippen LogP contribution is 2.27. The van der Waals surface area contributed by atoms with E-state index in [9.17, 15) is 4.79 Å². The van der Waals surface area contributed by atoms with Gasteiger partial charge in [-0.05, 0) is 40.5 Å². The Labute approximate surface area is 147 Å². The molecule has 0 saturated carbocycles. The largest absolute Gasteiger partial charge is 0.328 e. The molecule has 3 aromatic rings. The van der Waals surface area contributed by atoms with Crippen LogP contribution < -0.4 is 5.32 Å². The lowest BCUT2D eigenvalue weighted by molar-refractivity contribution is 0.102. The summed E-state index contributed by atoms with van der Waals surface area (Å²) in [7, 11) is 0. The molecule has 0 unspecified atom stereocenters. The summed E-state index contributed by atoms with van der Waals surface area (Å²) in [5.41, 5.74) is 3.43. The zero-order valence-corrected chi connectivity index (χ0v) is 14.5. The standard InChI is InChI=1S/C18H15BrN4O/c19-14-7-13(9-20-10-14)18(24)22-15-4-1-3-12(8-15)16-11-21-17-5-2-6-23(16)17/h1,3-4,7-11H,2,5-6H2,(H,22,24). The van der Waals surface area contributed by atoms with Gasteiger partial charge in [0.2, 0.25) is 0 Å². The number of pyridine rings is 1. The van der Waals surface area contributed by atoms with E-state index in [1.807, 2.05) is 30.5 Å². The number of aromatic nitrogens is 3. The molecule has 2 aromatic heterocycles. The molecule has 0 bridgehead atoms. The van der Waals surface area contributed by atoms with Crippen LogP contribution in [0.3, 0.4) is 0 Å². The maximum atomic E-state index is 12.4. The summed E-state index contributed by atoms with van der Waals surface area (Å²) in [5, 5.41) is 2.93. The zero-order valence-electron chi connectivity index (χ0n) is 12.9. The topological polar surface area (TPSA) is 59.8 Å². The van der Waals surface area contributed by atoms with Crippen molar-refractivity contribution in [1.82, 2.24) is 14.5 Å². The number of nitrogens with one attached hydrogen (secondary N) is 1. The maximum Gasteiger partial charge on any atom is 0.257 e. The third-order valence-corrected chi connectivity index (χ3v) is 4.54. The van der Waals surface area contributed by atoms with Gasteiger partial charge < -0.3 is 9.88 Å². The minimum absolute atomic E-state index is 0.181. The Morgan fingerprint density at radius 1 is 1.21 bits per heavy atom. The van der Waals surface area contributed by atoms with Crippen molar-refractivity contribution in [3.05, 3.63) is 64.8 Å². The fourth-order valence-electron chi connectivity index (χ4n) is 2.98. The highest BCUT2D eigenvalue weighted by molar-refractivity contribution is 9.10. The molecular weight excluding hydrogens is 368 g/mol. The van der Waals surface area contributed by atoms with Gasteiger partial charge in [-0.25, -0.2) is 4.98 Å². The first-order valence-corrected chi connectivity index (χ1v) is 8.57. The molecule has 3 heterocycles. The summed E-state index contributed by atoms with van der Waals surface area (Å²) >= 11 is 3.33. The van der Waals surface area contributed by atoms with Crippen molar-refractivity contribution < 1.29 is 4.79 Å². The average molecular weight is 383 g/mol. The number of amides is 1.